The smallest absolute Gasteiger partial charge is 0.347 e. The summed E-state index contributed by atoms with van der Waals surface area (Å²) in [6, 6.07) is 0. The van der Waals surface area contributed by atoms with Crippen LogP contribution >= 0.6 is 11.3 Å². The van der Waals surface area contributed by atoms with Crippen molar-refractivity contribution in [1.29, 1.82) is 0 Å². The second kappa shape index (κ2) is 5.11. The molecule has 1 aromatic heterocycles. The van der Waals surface area contributed by atoms with E-state index in [4.69, 9.17) is 5.11 Å². The monoisotopic (exact) mass is 228 g/mol. The van der Waals surface area contributed by atoms with Crippen molar-refractivity contribution in [2.24, 2.45) is 0 Å². The molecule has 1 heterocycles. The van der Waals surface area contributed by atoms with E-state index in [9.17, 15) is 4.79 Å². The third-order valence-corrected chi connectivity index (χ3v) is 3.30. The molecule has 0 saturated heterocycles. The van der Waals surface area contributed by atoms with E-state index in [-0.39, 0.29) is 0 Å². The zero-order valence-electron chi connectivity index (χ0n) is 9.28. The average molecular weight is 228 g/mol. The van der Waals surface area contributed by atoms with Crippen molar-refractivity contribution < 1.29 is 9.90 Å². The molecule has 0 radical (unpaired) electrons. The molecule has 0 aliphatic heterocycles. The van der Waals surface area contributed by atoms with Crippen LogP contribution in [-0.2, 0) is 6.42 Å². The topological polar surface area (TPSA) is 53.4 Å². The predicted octanol–water partition coefficient (Wildman–Crippen LogP) is 2.25. The first-order valence-corrected chi connectivity index (χ1v) is 5.85. The van der Waals surface area contributed by atoms with E-state index < -0.39 is 5.97 Å². The van der Waals surface area contributed by atoms with Crippen LogP contribution in [0.3, 0.4) is 0 Å². The van der Waals surface area contributed by atoms with Crippen LogP contribution < -0.4 is 4.90 Å². The van der Waals surface area contributed by atoms with Gasteiger partial charge in [-0.25, -0.2) is 9.78 Å². The van der Waals surface area contributed by atoms with Crippen LogP contribution in [0.5, 0.6) is 0 Å². The molecule has 1 N–H and O–H groups in total. The second-order valence-corrected chi connectivity index (χ2v) is 4.33. The zero-order chi connectivity index (χ0) is 11.4. The minimum absolute atomic E-state index is 0.371. The molecule has 4 nitrogen and oxygen atoms in total. The Labute approximate surface area is 93.6 Å². The van der Waals surface area contributed by atoms with Crippen molar-refractivity contribution in [3.8, 4) is 0 Å². The molecule has 5 heteroatoms. The molecule has 0 aliphatic carbocycles. The molecular formula is C10H16N2O2S. The molecule has 84 valence electrons. The largest absolute Gasteiger partial charge is 0.477 e. The molecule has 0 saturated carbocycles. The zero-order valence-corrected chi connectivity index (χ0v) is 10.1. The van der Waals surface area contributed by atoms with E-state index in [0.717, 1.165) is 18.1 Å². The molecule has 0 aromatic carbocycles. The van der Waals surface area contributed by atoms with Crippen molar-refractivity contribution >= 4 is 22.4 Å². The summed E-state index contributed by atoms with van der Waals surface area (Å²) < 4.78 is 0. The van der Waals surface area contributed by atoms with Gasteiger partial charge in [0.25, 0.3) is 0 Å². The summed E-state index contributed by atoms with van der Waals surface area (Å²) in [4.78, 5) is 17.6. The Bertz CT molecular complexity index is 349. The van der Waals surface area contributed by atoms with Gasteiger partial charge in [-0.1, -0.05) is 25.2 Å². The lowest BCUT2D eigenvalue weighted by Gasteiger charge is -2.13. The highest BCUT2D eigenvalue weighted by molar-refractivity contribution is 7.17. The van der Waals surface area contributed by atoms with Crippen molar-refractivity contribution in [3.05, 3.63) is 10.6 Å². The number of carboxylic acid groups (broad SMARTS) is 1. The summed E-state index contributed by atoms with van der Waals surface area (Å²) in [5, 5.41) is 9.77. The molecule has 0 aliphatic rings. The van der Waals surface area contributed by atoms with Gasteiger partial charge in [0.2, 0.25) is 0 Å². The van der Waals surface area contributed by atoms with Gasteiger partial charge in [-0.2, -0.15) is 0 Å². The van der Waals surface area contributed by atoms with Gasteiger partial charge in [-0.15, -0.1) is 0 Å². The van der Waals surface area contributed by atoms with E-state index in [1.165, 1.54) is 11.3 Å². The van der Waals surface area contributed by atoms with Crippen LogP contribution in [0, 0.1) is 0 Å². The lowest BCUT2D eigenvalue weighted by atomic mass is 10.3. The third-order valence-electron chi connectivity index (χ3n) is 2.10. The third kappa shape index (κ3) is 2.68. The second-order valence-electron chi connectivity index (χ2n) is 3.35. The maximum Gasteiger partial charge on any atom is 0.347 e. The van der Waals surface area contributed by atoms with E-state index in [0.29, 0.717) is 17.0 Å². The number of nitrogens with zero attached hydrogens (tertiary/aromatic N) is 2. The first kappa shape index (κ1) is 12.0. The van der Waals surface area contributed by atoms with Crippen molar-refractivity contribution in [2.45, 2.75) is 26.7 Å². The normalized spacial score (nSPS) is 10.3. The van der Waals surface area contributed by atoms with Gasteiger partial charge >= 0.3 is 5.97 Å². The lowest BCUT2D eigenvalue weighted by molar-refractivity contribution is 0.0701. The van der Waals surface area contributed by atoms with Crippen molar-refractivity contribution in [2.75, 3.05) is 18.5 Å². The van der Waals surface area contributed by atoms with Crippen LogP contribution in [-0.4, -0.2) is 29.7 Å². The number of thiazole rings is 1. The Hall–Kier alpha value is -1.10. The lowest BCUT2D eigenvalue weighted by Crippen LogP contribution is -2.17. The van der Waals surface area contributed by atoms with Crippen LogP contribution in [0.1, 0.15) is 35.6 Å². The van der Waals surface area contributed by atoms with Crippen LogP contribution in [0.2, 0.25) is 0 Å². The first-order chi connectivity index (χ1) is 7.10. The van der Waals surface area contributed by atoms with E-state index >= 15 is 0 Å². The van der Waals surface area contributed by atoms with Gasteiger partial charge < -0.3 is 10.0 Å². The highest BCUT2D eigenvalue weighted by Crippen LogP contribution is 2.26. The predicted molar refractivity (Wildman–Crippen MR) is 62.0 cm³/mol. The number of carboxylic acids is 1. The molecule has 0 spiro atoms. The SMILES string of the molecule is CCCN(C)c1nc(CC)c(C(=O)O)s1. The molecule has 1 rings (SSSR count). The number of hydrogen-bond donors (Lipinski definition) is 1. The summed E-state index contributed by atoms with van der Waals surface area (Å²) in [7, 11) is 1.94. The minimum atomic E-state index is -0.875. The summed E-state index contributed by atoms with van der Waals surface area (Å²) in [6.45, 7) is 4.91. The Morgan fingerprint density at radius 3 is 2.60 bits per heavy atom. The fourth-order valence-corrected chi connectivity index (χ4v) is 2.32. The number of aromatic nitrogens is 1. The maximum atomic E-state index is 10.9. The summed E-state index contributed by atoms with van der Waals surface area (Å²) in [5.41, 5.74) is 0.686. The highest BCUT2D eigenvalue weighted by Gasteiger charge is 2.17. The van der Waals surface area contributed by atoms with E-state index in [1.54, 1.807) is 0 Å². The standard InChI is InChI=1S/C10H16N2O2S/c1-4-6-12(3)10-11-7(5-2)8(15-10)9(13)14/h4-6H2,1-3H3,(H,13,14). The number of rotatable bonds is 5. The van der Waals surface area contributed by atoms with Crippen molar-refractivity contribution in [1.82, 2.24) is 4.98 Å². The minimum Gasteiger partial charge on any atom is -0.477 e. The Morgan fingerprint density at radius 2 is 2.20 bits per heavy atom. The molecule has 1 aromatic rings. The quantitative estimate of drug-likeness (QED) is 0.839. The molecule has 0 amide bonds. The van der Waals surface area contributed by atoms with Gasteiger partial charge in [0, 0.05) is 13.6 Å². The molecule has 0 fully saturated rings. The molecule has 0 atom stereocenters. The number of anilines is 1. The summed E-state index contributed by atoms with van der Waals surface area (Å²) in [6.07, 6.45) is 1.69. The first-order valence-electron chi connectivity index (χ1n) is 5.04. The molecule has 0 bridgehead atoms. The number of aromatic carboxylic acids is 1. The number of hydrogen-bond acceptors (Lipinski definition) is 4. The molecule has 0 unspecified atom stereocenters. The Kier molecular flexibility index (Phi) is 4.08. The van der Waals surface area contributed by atoms with Crippen molar-refractivity contribution in [3.63, 3.8) is 0 Å². The summed E-state index contributed by atoms with van der Waals surface area (Å²) in [5.74, 6) is -0.875. The van der Waals surface area contributed by atoms with Crippen LogP contribution in [0.25, 0.3) is 0 Å². The Morgan fingerprint density at radius 1 is 1.53 bits per heavy atom. The number of aryl methyl sites for hydroxylation is 1. The van der Waals surface area contributed by atoms with Gasteiger partial charge in [0.05, 0.1) is 5.69 Å². The van der Waals surface area contributed by atoms with Crippen LogP contribution in [0.15, 0.2) is 0 Å². The fraction of sp³-hybridized carbons (Fsp3) is 0.600. The van der Waals surface area contributed by atoms with Gasteiger partial charge in [0.15, 0.2) is 5.13 Å². The van der Waals surface area contributed by atoms with Gasteiger partial charge in [-0.3, -0.25) is 0 Å². The van der Waals surface area contributed by atoms with E-state index in [2.05, 4.69) is 11.9 Å². The fourth-order valence-electron chi connectivity index (χ4n) is 1.34. The number of carbonyl (C=O) groups is 1. The maximum absolute atomic E-state index is 10.9. The molecule has 15 heavy (non-hydrogen) atoms. The summed E-state index contributed by atoms with van der Waals surface area (Å²) >= 11 is 1.26. The Balaban J connectivity index is 2.96. The van der Waals surface area contributed by atoms with Gasteiger partial charge in [0.1, 0.15) is 4.88 Å². The molecular weight excluding hydrogens is 212 g/mol. The average Bonchev–Trinajstić information content (AvgIpc) is 2.61. The van der Waals surface area contributed by atoms with E-state index in [1.807, 2.05) is 18.9 Å². The highest BCUT2D eigenvalue weighted by atomic mass is 32.1. The van der Waals surface area contributed by atoms with Gasteiger partial charge in [-0.05, 0) is 12.8 Å². The van der Waals surface area contributed by atoms with Crippen LogP contribution in [0.4, 0.5) is 5.13 Å².